The van der Waals surface area contributed by atoms with Crippen molar-refractivity contribution in [3.63, 3.8) is 0 Å². The maximum atomic E-state index is 10.4. The van der Waals surface area contributed by atoms with Gasteiger partial charge in [0.25, 0.3) is 0 Å². The smallest absolute Gasteiger partial charge is 0.118 e. The monoisotopic (exact) mass is 284 g/mol. The van der Waals surface area contributed by atoms with E-state index in [1.807, 2.05) is 49.8 Å². The molecule has 0 aliphatic heterocycles. The van der Waals surface area contributed by atoms with Crippen molar-refractivity contribution in [2.24, 2.45) is 0 Å². The van der Waals surface area contributed by atoms with E-state index in [1.54, 1.807) is 30.6 Å². The molecule has 0 bridgehead atoms. The van der Waals surface area contributed by atoms with Crippen LogP contribution >= 0.6 is 23.5 Å². The first-order valence-electron chi connectivity index (χ1n) is 5.67. The minimum Gasteiger partial charge on any atom is -0.497 e. The van der Waals surface area contributed by atoms with Gasteiger partial charge in [0.05, 0.1) is 12.7 Å². The van der Waals surface area contributed by atoms with E-state index in [9.17, 15) is 5.11 Å². The molecule has 1 N–H and O–H groups in total. The molecule has 0 fully saturated rings. The lowest BCUT2D eigenvalue weighted by atomic mass is 9.97. The summed E-state index contributed by atoms with van der Waals surface area (Å²) in [6.07, 6.45) is 6.56. The Labute approximate surface area is 118 Å². The summed E-state index contributed by atoms with van der Waals surface area (Å²) < 4.78 is 6.25. The molecule has 0 aromatic heterocycles. The molecule has 0 aliphatic carbocycles. The standard InChI is InChI=1S/C14H20O2S2/c1-14(15,10-13(17-3)18-4)9-11-5-7-12(16-2)8-6-11/h5-8,10,15H,9H2,1-4H3. The van der Waals surface area contributed by atoms with E-state index in [0.29, 0.717) is 6.42 Å². The van der Waals surface area contributed by atoms with Gasteiger partial charge < -0.3 is 9.84 Å². The third-order valence-electron chi connectivity index (χ3n) is 2.55. The molecule has 18 heavy (non-hydrogen) atoms. The molecule has 0 spiro atoms. The second kappa shape index (κ2) is 7.12. The Bertz CT molecular complexity index is 391. The van der Waals surface area contributed by atoms with Crippen molar-refractivity contribution < 1.29 is 9.84 Å². The summed E-state index contributed by atoms with van der Waals surface area (Å²) in [6, 6.07) is 7.80. The Morgan fingerprint density at radius 1 is 1.28 bits per heavy atom. The number of hydrogen-bond acceptors (Lipinski definition) is 4. The predicted molar refractivity (Wildman–Crippen MR) is 82.4 cm³/mol. The van der Waals surface area contributed by atoms with Gasteiger partial charge in [0.1, 0.15) is 5.75 Å². The van der Waals surface area contributed by atoms with E-state index < -0.39 is 5.60 Å². The number of aliphatic hydroxyl groups is 1. The highest BCUT2D eigenvalue weighted by atomic mass is 32.2. The van der Waals surface area contributed by atoms with Gasteiger partial charge >= 0.3 is 0 Å². The van der Waals surface area contributed by atoms with Gasteiger partial charge in [-0.15, -0.1) is 23.5 Å². The molecule has 1 aromatic carbocycles. The summed E-state index contributed by atoms with van der Waals surface area (Å²) >= 11 is 3.31. The Morgan fingerprint density at radius 3 is 2.28 bits per heavy atom. The van der Waals surface area contributed by atoms with Gasteiger partial charge in [-0.25, -0.2) is 0 Å². The highest BCUT2D eigenvalue weighted by Crippen LogP contribution is 2.28. The largest absolute Gasteiger partial charge is 0.497 e. The van der Waals surface area contributed by atoms with Crippen molar-refractivity contribution in [3.05, 3.63) is 40.1 Å². The van der Waals surface area contributed by atoms with E-state index >= 15 is 0 Å². The minimum absolute atomic E-state index is 0.599. The molecule has 4 heteroatoms. The van der Waals surface area contributed by atoms with E-state index in [1.165, 1.54) is 0 Å². The molecular formula is C14H20O2S2. The molecule has 1 aromatic rings. The van der Waals surface area contributed by atoms with Crippen molar-refractivity contribution >= 4 is 23.5 Å². The van der Waals surface area contributed by atoms with E-state index in [-0.39, 0.29) is 0 Å². The van der Waals surface area contributed by atoms with Crippen LogP contribution in [0.1, 0.15) is 12.5 Å². The molecule has 0 heterocycles. The Balaban J connectivity index is 2.77. The lowest BCUT2D eigenvalue weighted by molar-refractivity contribution is 0.112. The van der Waals surface area contributed by atoms with E-state index in [2.05, 4.69) is 0 Å². The number of methoxy groups -OCH3 is 1. The first kappa shape index (κ1) is 15.5. The van der Waals surface area contributed by atoms with Crippen molar-refractivity contribution in [3.8, 4) is 5.75 Å². The molecule has 0 amide bonds. The molecule has 0 saturated carbocycles. The average Bonchev–Trinajstić information content (AvgIpc) is 2.36. The zero-order valence-corrected chi connectivity index (χ0v) is 12.9. The van der Waals surface area contributed by atoms with Crippen molar-refractivity contribution in [2.45, 2.75) is 18.9 Å². The zero-order chi connectivity index (χ0) is 13.6. The van der Waals surface area contributed by atoms with Crippen LogP contribution in [0.15, 0.2) is 34.6 Å². The molecule has 0 radical (unpaired) electrons. The third-order valence-corrected chi connectivity index (χ3v) is 4.59. The summed E-state index contributed by atoms with van der Waals surface area (Å²) in [5, 5.41) is 10.4. The van der Waals surface area contributed by atoms with Crippen molar-refractivity contribution in [1.29, 1.82) is 0 Å². The zero-order valence-electron chi connectivity index (χ0n) is 11.3. The predicted octanol–water partition coefficient (Wildman–Crippen LogP) is 3.56. The fourth-order valence-electron chi connectivity index (χ4n) is 1.66. The minimum atomic E-state index is -0.823. The van der Waals surface area contributed by atoms with Gasteiger partial charge in [-0.3, -0.25) is 0 Å². The Morgan fingerprint density at radius 2 is 1.83 bits per heavy atom. The molecule has 1 rings (SSSR count). The Kier molecular flexibility index (Phi) is 6.12. The van der Waals surface area contributed by atoms with Gasteiger partial charge in [-0.1, -0.05) is 12.1 Å². The fourth-order valence-corrected chi connectivity index (χ4v) is 3.07. The highest BCUT2D eigenvalue weighted by Gasteiger charge is 2.18. The van der Waals surface area contributed by atoms with Crippen LogP contribution in [0.25, 0.3) is 0 Å². The third kappa shape index (κ3) is 4.96. The molecule has 2 nitrogen and oxygen atoms in total. The summed E-state index contributed by atoms with van der Waals surface area (Å²) in [5.41, 5.74) is 0.272. The highest BCUT2D eigenvalue weighted by molar-refractivity contribution is 8.21. The van der Waals surface area contributed by atoms with Gasteiger partial charge in [-0.2, -0.15) is 0 Å². The van der Waals surface area contributed by atoms with Gasteiger partial charge in [-0.05, 0) is 43.2 Å². The summed E-state index contributed by atoms with van der Waals surface area (Å²) in [5.74, 6) is 0.836. The first-order valence-corrected chi connectivity index (χ1v) is 8.12. The van der Waals surface area contributed by atoms with Crippen LogP contribution in [0.5, 0.6) is 5.75 Å². The molecule has 0 saturated heterocycles. The van der Waals surface area contributed by atoms with Crippen LogP contribution < -0.4 is 4.74 Å². The molecule has 1 atom stereocenters. The number of benzene rings is 1. The van der Waals surface area contributed by atoms with Crippen molar-refractivity contribution in [2.75, 3.05) is 19.6 Å². The maximum absolute atomic E-state index is 10.4. The van der Waals surface area contributed by atoms with Gasteiger partial charge in [0, 0.05) is 10.7 Å². The van der Waals surface area contributed by atoms with Crippen molar-refractivity contribution in [1.82, 2.24) is 0 Å². The average molecular weight is 284 g/mol. The van der Waals surface area contributed by atoms with Crippen LogP contribution in [-0.4, -0.2) is 30.3 Å². The van der Waals surface area contributed by atoms with Crippen LogP contribution in [0.3, 0.4) is 0 Å². The molecule has 0 aliphatic rings. The quantitative estimate of drug-likeness (QED) is 0.865. The lowest BCUT2D eigenvalue weighted by Gasteiger charge is -2.20. The number of hydrogen-bond donors (Lipinski definition) is 1. The van der Waals surface area contributed by atoms with Gasteiger partial charge in [0.15, 0.2) is 0 Å². The van der Waals surface area contributed by atoms with Crippen LogP contribution in [0.2, 0.25) is 0 Å². The number of rotatable bonds is 6. The lowest BCUT2D eigenvalue weighted by Crippen LogP contribution is -2.24. The van der Waals surface area contributed by atoms with E-state index in [4.69, 9.17) is 4.74 Å². The molecule has 1 unspecified atom stereocenters. The first-order chi connectivity index (χ1) is 8.50. The number of ether oxygens (including phenoxy) is 1. The molecular weight excluding hydrogens is 264 g/mol. The maximum Gasteiger partial charge on any atom is 0.118 e. The SMILES string of the molecule is COc1ccc(CC(C)(O)C=C(SC)SC)cc1. The molecule has 100 valence electrons. The van der Waals surface area contributed by atoms with E-state index in [0.717, 1.165) is 15.6 Å². The second-order valence-electron chi connectivity index (χ2n) is 4.25. The second-order valence-corrected chi connectivity index (χ2v) is 6.21. The topological polar surface area (TPSA) is 29.5 Å². The van der Waals surface area contributed by atoms with Crippen LogP contribution in [-0.2, 0) is 6.42 Å². The number of thioether (sulfide) groups is 2. The van der Waals surface area contributed by atoms with Gasteiger partial charge in [0.2, 0.25) is 0 Å². The summed E-state index contributed by atoms with van der Waals surface area (Å²) in [7, 11) is 1.65. The normalized spacial score (nSPS) is 13.8. The Hall–Kier alpha value is -0.580. The van der Waals surface area contributed by atoms with Crippen LogP contribution in [0, 0.1) is 0 Å². The summed E-state index contributed by atoms with van der Waals surface area (Å²) in [4.78, 5) is 0. The van der Waals surface area contributed by atoms with Crippen LogP contribution in [0.4, 0.5) is 0 Å². The fraction of sp³-hybridized carbons (Fsp3) is 0.429. The summed E-state index contributed by atoms with van der Waals surface area (Å²) in [6.45, 7) is 1.84.